The molecule has 7 nitrogen and oxygen atoms in total. The van der Waals surface area contributed by atoms with E-state index in [0.29, 0.717) is 11.6 Å². The van der Waals surface area contributed by atoms with Crippen LogP contribution in [0.25, 0.3) is 0 Å². The molecule has 1 aromatic carbocycles. The number of hydrogen-bond donors (Lipinski definition) is 3. The maximum absolute atomic E-state index is 12.6. The molecule has 35 heavy (non-hydrogen) atoms. The van der Waals surface area contributed by atoms with Crippen molar-refractivity contribution < 1.29 is 18.0 Å². The van der Waals surface area contributed by atoms with Crippen LogP contribution < -0.4 is 20.9 Å². The van der Waals surface area contributed by atoms with Gasteiger partial charge in [0.1, 0.15) is 5.82 Å². The normalized spacial score (nSPS) is 20.0. The zero-order valence-electron chi connectivity index (χ0n) is 19.9. The molecule has 1 saturated carbocycles. The van der Waals surface area contributed by atoms with Crippen molar-refractivity contribution in [2.75, 3.05) is 29.6 Å². The summed E-state index contributed by atoms with van der Waals surface area (Å²) in [4.78, 5) is 24.0. The third-order valence-corrected chi connectivity index (χ3v) is 7.03. The second-order valence-corrected chi connectivity index (χ2v) is 10.4. The van der Waals surface area contributed by atoms with E-state index < -0.39 is 11.5 Å². The summed E-state index contributed by atoms with van der Waals surface area (Å²) < 4.78 is 37.8. The highest BCUT2D eigenvalue weighted by Crippen LogP contribution is 2.37. The summed E-state index contributed by atoms with van der Waals surface area (Å²) in [6.07, 6.45) is 7.64. The number of rotatable bonds is 6. The van der Waals surface area contributed by atoms with Crippen molar-refractivity contribution >= 4 is 35.2 Å². The summed E-state index contributed by atoms with van der Waals surface area (Å²) in [5.41, 5.74) is -1.64. The minimum absolute atomic E-state index is 0.00238. The number of anilines is 3. The molecule has 1 aromatic heterocycles. The first kappa shape index (κ1) is 25.4. The molecule has 0 saturated heterocycles. The Morgan fingerprint density at radius 1 is 1.06 bits per heavy atom. The van der Waals surface area contributed by atoms with Gasteiger partial charge in [-0.2, -0.15) is 18.2 Å². The molecule has 1 heterocycles. The number of thioether (sulfide) groups is 1. The van der Waals surface area contributed by atoms with Crippen LogP contribution in [0.4, 0.5) is 35.4 Å². The highest BCUT2D eigenvalue weighted by Gasteiger charge is 2.29. The molecule has 2 aromatic rings. The van der Waals surface area contributed by atoms with Gasteiger partial charge in [0.15, 0.2) is 0 Å². The lowest BCUT2D eigenvalue weighted by atomic mass is 9.91. The van der Waals surface area contributed by atoms with Crippen LogP contribution in [0.15, 0.2) is 29.2 Å². The first-order valence-electron chi connectivity index (χ1n) is 11.9. The Morgan fingerprint density at radius 2 is 1.77 bits per heavy atom. The predicted molar refractivity (Wildman–Crippen MR) is 133 cm³/mol. The number of hydrogen-bond acceptors (Lipinski definition) is 6. The molecule has 0 spiro atoms. The van der Waals surface area contributed by atoms with Gasteiger partial charge in [-0.25, -0.2) is 9.78 Å². The van der Waals surface area contributed by atoms with Crippen molar-refractivity contribution in [2.45, 2.75) is 73.9 Å². The number of halogens is 3. The monoisotopic (exact) mass is 508 g/mol. The molecule has 0 radical (unpaired) electrons. The van der Waals surface area contributed by atoms with Crippen molar-refractivity contribution in [2.24, 2.45) is 0 Å². The zero-order chi connectivity index (χ0) is 25.0. The van der Waals surface area contributed by atoms with Crippen LogP contribution >= 0.6 is 11.8 Å². The highest BCUT2D eigenvalue weighted by molar-refractivity contribution is 8.00. The van der Waals surface area contributed by atoms with E-state index in [0.717, 1.165) is 56.5 Å². The molecule has 2 aliphatic carbocycles. The minimum Gasteiger partial charge on any atom is -0.362 e. The molecular formula is C24H31F3N6OS. The zero-order valence-corrected chi connectivity index (χ0v) is 20.7. The van der Waals surface area contributed by atoms with E-state index in [1.165, 1.54) is 30.2 Å². The van der Waals surface area contributed by atoms with E-state index in [-0.39, 0.29) is 28.7 Å². The molecular weight excluding hydrogens is 477 g/mol. The Morgan fingerprint density at radius 3 is 2.49 bits per heavy atom. The lowest BCUT2D eigenvalue weighted by Gasteiger charge is -2.30. The minimum atomic E-state index is -4.37. The lowest BCUT2D eigenvalue weighted by Crippen LogP contribution is -2.42. The molecule has 11 heteroatoms. The number of aromatic nitrogens is 2. The van der Waals surface area contributed by atoms with Gasteiger partial charge in [0.2, 0.25) is 5.95 Å². The molecule has 0 atom stereocenters. The first-order valence-corrected chi connectivity index (χ1v) is 12.7. The lowest BCUT2D eigenvalue weighted by molar-refractivity contribution is -0.0328. The fourth-order valence-corrected chi connectivity index (χ4v) is 5.30. The van der Waals surface area contributed by atoms with Gasteiger partial charge in [0.25, 0.3) is 0 Å². The number of alkyl halides is 3. The SMILES string of the molecule is CN(C)c1nc(NC2CCC(NC(=O)Nc3cccc(SC(F)(F)F)c3)CC2)nc2c1CCCC2. The van der Waals surface area contributed by atoms with E-state index in [2.05, 4.69) is 16.0 Å². The molecule has 2 aliphatic rings. The summed E-state index contributed by atoms with van der Waals surface area (Å²) in [5.74, 6) is 1.65. The van der Waals surface area contributed by atoms with Crippen molar-refractivity contribution in [3.63, 3.8) is 0 Å². The van der Waals surface area contributed by atoms with E-state index in [1.807, 2.05) is 19.0 Å². The van der Waals surface area contributed by atoms with Gasteiger partial charge in [-0.05, 0) is 81.3 Å². The van der Waals surface area contributed by atoms with Gasteiger partial charge in [0, 0.05) is 42.3 Å². The number of urea groups is 1. The number of fused-ring (bicyclic) bond motifs is 1. The Bertz CT molecular complexity index is 1040. The molecule has 1 fully saturated rings. The molecule has 0 bridgehead atoms. The van der Waals surface area contributed by atoms with Crippen LogP contribution in [0.5, 0.6) is 0 Å². The summed E-state index contributed by atoms with van der Waals surface area (Å²) in [5, 5.41) is 9.07. The van der Waals surface area contributed by atoms with Crippen molar-refractivity contribution in [3.05, 3.63) is 35.5 Å². The van der Waals surface area contributed by atoms with Gasteiger partial charge in [0.05, 0.1) is 5.69 Å². The van der Waals surface area contributed by atoms with Gasteiger partial charge in [-0.1, -0.05) is 6.07 Å². The van der Waals surface area contributed by atoms with Gasteiger partial charge in [-0.15, -0.1) is 0 Å². The Balaban J connectivity index is 1.28. The number of nitrogens with one attached hydrogen (secondary N) is 3. The number of carbonyl (C=O) groups excluding carboxylic acids is 1. The Kier molecular flexibility index (Phi) is 7.93. The number of carbonyl (C=O) groups is 1. The number of benzene rings is 1. The average Bonchev–Trinajstić information content (AvgIpc) is 2.79. The van der Waals surface area contributed by atoms with Gasteiger partial charge < -0.3 is 20.9 Å². The Hall–Kier alpha value is -2.69. The number of nitrogens with zero attached hydrogens (tertiary/aromatic N) is 3. The predicted octanol–water partition coefficient (Wildman–Crippen LogP) is 5.58. The highest BCUT2D eigenvalue weighted by atomic mass is 32.2. The second kappa shape index (κ2) is 10.9. The number of amides is 2. The van der Waals surface area contributed by atoms with E-state index in [1.54, 1.807) is 6.07 Å². The molecule has 4 rings (SSSR count). The largest absolute Gasteiger partial charge is 0.446 e. The average molecular weight is 509 g/mol. The number of aryl methyl sites for hydroxylation is 1. The van der Waals surface area contributed by atoms with Crippen LogP contribution in [0, 0.1) is 0 Å². The third kappa shape index (κ3) is 7.16. The summed E-state index contributed by atoms with van der Waals surface area (Å²) in [7, 11) is 4.02. The molecule has 0 unspecified atom stereocenters. The Labute approximate surface area is 207 Å². The summed E-state index contributed by atoms with van der Waals surface area (Å²) in [6, 6.07) is 5.56. The van der Waals surface area contributed by atoms with E-state index in [9.17, 15) is 18.0 Å². The maximum Gasteiger partial charge on any atom is 0.446 e. The molecule has 0 aliphatic heterocycles. The van der Waals surface area contributed by atoms with E-state index in [4.69, 9.17) is 9.97 Å². The second-order valence-electron chi connectivity index (χ2n) is 9.26. The maximum atomic E-state index is 12.6. The summed E-state index contributed by atoms with van der Waals surface area (Å²) >= 11 is -0.203. The molecule has 190 valence electrons. The van der Waals surface area contributed by atoms with Crippen LogP contribution in [0.2, 0.25) is 0 Å². The van der Waals surface area contributed by atoms with Crippen LogP contribution in [-0.2, 0) is 12.8 Å². The smallest absolute Gasteiger partial charge is 0.362 e. The van der Waals surface area contributed by atoms with Crippen LogP contribution in [0.3, 0.4) is 0 Å². The summed E-state index contributed by atoms with van der Waals surface area (Å²) in [6.45, 7) is 0. The van der Waals surface area contributed by atoms with E-state index >= 15 is 0 Å². The fraction of sp³-hybridized carbons (Fsp3) is 0.542. The topological polar surface area (TPSA) is 82.2 Å². The quantitative estimate of drug-likeness (QED) is 0.442. The van der Waals surface area contributed by atoms with Crippen molar-refractivity contribution in [1.82, 2.24) is 15.3 Å². The molecule has 3 N–H and O–H groups in total. The van der Waals surface area contributed by atoms with Crippen LogP contribution in [-0.4, -0.2) is 47.7 Å². The molecule has 2 amide bonds. The first-order chi connectivity index (χ1) is 16.7. The van der Waals surface area contributed by atoms with Crippen molar-refractivity contribution in [1.29, 1.82) is 0 Å². The fourth-order valence-electron chi connectivity index (χ4n) is 4.70. The van der Waals surface area contributed by atoms with Crippen molar-refractivity contribution in [3.8, 4) is 0 Å². The van der Waals surface area contributed by atoms with Gasteiger partial charge in [-0.3, -0.25) is 0 Å². The van der Waals surface area contributed by atoms with Crippen LogP contribution in [0.1, 0.15) is 49.8 Å². The van der Waals surface area contributed by atoms with Gasteiger partial charge >= 0.3 is 11.5 Å². The standard InChI is InChI=1S/C24H31F3N6OS/c1-33(2)21-19-8-3-4-9-20(19)31-22(32-21)28-15-10-12-16(13-11-15)29-23(34)30-17-6-5-7-18(14-17)35-24(25,26)27/h5-7,14-16H,3-4,8-13H2,1-2H3,(H,28,31,32)(H2,29,30,34). The third-order valence-electron chi connectivity index (χ3n) is 6.31.